The molecule has 0 bridgehead atoms. The molecule has 3 nitrogen and oxygen atoms in total. The van der Waals surface area contributed by atoms with Gasteiger partial charge in [-0.25, -0.2) is 0 Å². The van der Waals surface area contributed by atoms with E-state index in [4.69, 9.17) is 4.74 Å². The molecule has 0 spiro atoms. The summed E-state index contributed by atoms with van der Waals surface area (Å²) in [6.07, 6.45) is 4.64. The zero-order chi connectivity index (χ0) is 12.9. The lowest BCUT2D eigenvalue weighted by Crippen LogP contribution is -2.54. The minimum Gasteiger partial charge on any atom is -0.383 e. The van der Waals surface area contributed by atoms with Gasteiger partial charge in [0, 0.05) is 37.8 Å². The minimum atomic E-state index is 0.141. The van der Waals surface area contributed by atoms with Crippen molar-refractivity contribution >= 4 is 0 Å². The lowest BCUT2D eigenvalue weighted by Gasteiger charge is -2.41. The first kappa shape index (κ1) is 14.7. The molecule has 1 saturated carbocycles. The second-order valence-corrected chi connectivity index (χ2v) is 5.90. The summed E-state index contributed by atoms with van der Waals surface area (Å²) in [5, 5.41) is 3.60. The summed E-state index contributed by atoms with van der Waals surface area (Å²) in [5.74, 6) is 0. The summed E-state index contributed by atoms with van der Waals surface area (Å²) >= 11 is 0. The maximum Gasteiger partial charge on any atom is 0.0630 e. The molecule has 0 aromatic rings. The molecule has 0 aromatic carbocycles. The van der Waals surface area contributed by atoms with Crippen LogP contribution in [0.5, 0.6) is 0 Å². The number of nitrogens with one attached hydrogen (secondary N) is 1. The van der Waals surface area contributed by atoms with E-state index in [1.54, 1.807) is 7.11 Å². The van der Waals surface area contributed by atoms with Gasteiger partial charge in [0.15, 0.2) is 0 Å². The van der Waals surface area contributed by atoms with Crippen molar-refractivity contribution in [3.63, 3.8) is 0 Å². The molecule has 1 rings (SSSR count). The highest BCUT2D eigenvalue weighted by Gasteiger charge is 2.29. The van der Waals surface area contributed by atoms with E-state index in [0.29, 0.717) is 6.04 Å². The lowest BCUT2D eigenvalue weighted by atomic mass is 10.0. The molecular formula is C14H28N2O. The van der Waals surface area contributed by atoms with Gasteiger partial charge in [-0.3, -0.25) is 4.90 Å². The first-order valence-corrected chi connectivity index (χ1v) is 6.59. The Bertz CT molecular complexity index is 231. The Balaban J connectivity index is 2.57. The molecule has 0 saturated heterocycles. The second kappa shape index (κ2) is 6.53. The topological polar surface area (TPSA) is 24.5 Å². The monoisotopic (exact) mass is 240 g/mol. The normalized spacial score (nSPS) is 18.4. The van der Waals surface area contributed by atoms with Gasteiger partial charge in [0.1, 0.15) is 0 Å². The van der Waals surface area contributed by atoms with Crippen molar-refractivity contribution in [1.82, 2.24) is 10.2 Å². The fraction of sp³-hybridized carbons (Fsp3) is 0.857. The van der Waals surface area contributed by atoms with Crippen molar-refractivity contribution in [2.24, 2.45) is 0 Å². The first-order valence-electron chi connectivity index (χ1n) is 6.59. The van der Waals surface area contributed by atoms with E-state index in [0.717, 1.165) is 25.7 Å². The standard InChI is InChI=1S/C14H28N2O/c1-6-9-16(14(2,3)4)13(11-17-5)10-15-12-7-8-12/h6,12-13,15H,1,7-11H2,2-5H3. The van der Waals surface area contributed by atoms with E-state index in [1.165, 1.54) is 12.8 Å². The van der Waals surface area contributed by atoms with Crippen LogP contribution in [0.15, 0.2) is 12.7 Å². The summed E-state index contributed by atoms with van der Waals surface area (Å²) in [6, 6.07) is 1.17. The van der Waals surface area contributed by atoms with Crippen LogP contribution in [0.3, 0.4) is 0 Å². The second-order valence-electron chi connectivity index (χ2n) is 5.90. The average Bonchev–Trinajstić information content (AvgIpc) is 3.03. The molecule has 0 radical (unpaired) electrons. The van der Waals surface area contributed by atoms with Crippen LogP contribution in [0, 0.1) is 0 Å². The van der Waals surface area contributed by atoms with Crippen molar-refractivity contribution in [2.45, 2.75) is 51.2 Å². The first-order chi connectivity index (χ1) is 7.99. The lowest BCUT2D eigenvalue weighted by molar-refractivity contribution is 0.0398. The van der Waals surface area contributed by atoms with Gasteiger partial charge in [0.2, 0.25) is 0 Å². The van der Waals surface area contributed by atoms with Crippen molar-refractivity contribution < 1.29 is 4.74 Å². The van der Waals surface area contributed by atoms with E-state index in [2.05, 4.69) is 37.6 Å². The van der Waals surface area contributed by atoms with E-state index >= 15 is 0 Å². The smallest absolute Gasteiger partial charge is 0.0630 e. The van der Waals surface area contributed by atoms with Crippen LogP contribution < -0.4 is 5.32 Å². The summed E-state index contributed by atoms with van der Waals surface area (Å²) in [6.45, 7) is 13.3. The predicted octanol–water partition coefficient (Wildman–Crippen LogP) is 2.04. The van der Waals surface area contributed by atoms with Crippen LogP contribution in [0.1, 0.15) is 33.6 Å². The summed E-state index contributed by atoms with van der Waals surface area (Å²) in [7, 11) is 1.78. The van der Waals surface area contributed by atoms with Gasteiger partial charge in [0.05, 0.1) is 6.61 Å². The Morgan fingerprint density at radius 3 is 2.53 bits per heavy atom. The number of hydrogen-bond donors (Lipinski definition) is 1. The maximum atomic E-state index is 5.36. The molecule has 1 aliphatic carbocycles. The molecule has 1 atom stereocenters. The predicted molar refractivity (Wildman–Crippen MR) is 73.3 cm³/mol. The van der Waals surface area contributed by atoms with Crippen molar-refractivity contribution in [3.05, 3.63) is 12.7 Å². The number of ether oxygens (including phenoxy) is 1. The molecule has 3 heteroatoms. The van der Waals surface area contributed by atoms with Crippen LogP contribution in [0.25, 0.3) is 0 Å². The fourth-order valence-corrected chi connectivity index (χ4v) is 2.15. The zero-order valence-electron chi connectivity index (χ0n) is 11.8. The van der Waals surface area contributed by atoms with Gasteiger partial charge in [0.25, 0.3) is 0 Å². The molecule has 1 fully saturated rings. The molecular weight excluding hydrogens is 212 g/mol. The zero-order valence-corrected chi connectivity index (χ0v) is 11.8. The highest BCUT2D eigenvalue weighted by atomic mass is 16.5. The Labute approximate surface area is 106 Å². The van der Waals surface area contributed by atoms with Crippen LogP contribution in [0.2, 0.25) is 0 Å². The van der Waals surface area contributed by atoms with Gasteiger partial charge in [-0.1, -0.05) is 6.08 Å². The minimum absolute atomic E-state index is 0.141. The number of hydrogen-bond acceptors (Lipinski definition) is 3. The molecule has 1 N–H and O–H groups in total. The molecule has 0 amide bonds. The molecule has 1 aliphatic rings. The van der Waals surface area contributed by atoms with Gasteiger partial charge in [-0.15, -0.1) is 6.58 Å². The quantitative estimate of drug-likeness (QED) is 0.657. The summed E-state index contributed by atoms with van der Waals surface area (Å²) < 4.78 is 5.36. The molecule has 0 aliphatic heterocycles. The SMILES string of the molecule is C=CCN(C(CNC1CC1)COC)C(C)(C)C. The van der Waals surface area contributed by atoms with E-state index < -0.39 is 0 Å². The molecule has 1 unspecified atom stereocenters. The van der Waals surface area contributed by atoms with Crippen molar-refractivity contribution in [2.75, 3.05) is 26.8 Å². The van der Waals surface area contributed by atoms with E-state index in [1.807, 2.05) is 6.08 Å². The van der Waals surface area contributed by atoms with Gasteiger partial charge in [-0.05, 0) is 33.6 Å². The maximum absolute atomic E-state index is 5.36. The van der Waals surface area contributed by atoms with Crippen LogP contribution in [-0.4, -0.2) is 49.3 Å². The number of rotatable bonds is 8. The number of nitrogens with zero attached hydrogens (tertiary/aromatic N) is 1. The third kappa shape index (κ3) is 5.19. The van der Waals surface area contributed by atoms with E-state index in [-0.39, 0.29) is 5.54 Å². The van der Waals surface area contributed by atoms with Gasteiger partial charge >= 0.3 is 0 Å². The highest BCUT2D eigenvalue weighted by Crippen LogP contribution is 2.21. The Morgan fingerprint density at radius 2 is 2.12 bits per heavy atom. The molecule has 100 valence electrons. The van der Waals surface area contributed by atoms with Gasteiger partial charge < -0.3 is 10.1 Å². The Morgan fingerprint density at radius 1 is 1.47 bits per heavy atom. The third-order valence-corrected chi connectivity index (χ3v) is 3.21. The Hall–Kier alpha value is -0.380. The number of methoxy groups -OCH3 is 1. The molecule has 0 aromatic heterocycles. The fourth-order valence-electron chi connectivity index (χ4n) is 2.15. The van der Waals surface area contributed by atoms with Crippen LogP contribution >= 0.6 is 0 Å². The molecule has 0 heterocycles. The van der Waals surface area contributed by atoms with Crippen molar-refractivity contribution in [3.8, 4) is 0 Å². The van der Waals surface area contributed by atoms with Crippen LogP contribution in [0.4, 0.5) is 0 Å². The Kier molecular flexibility index (Phi) is 5.63. The van der Waals surface area contributed by atoms with Crippen molar-refractivity contribution in [1.29, 1.82) is 0 Å². The van der Waals surface area contributed by atoms with Gasteiger partial charge in [-0.2, -0.15) is 0 Å². The summed E-state index contributed by atoms with van der Waals surface area (Å²) in [4.78, 5) is 2.46. The molecule has 17 heavy (non-hydrogen) atoms. The largest absolute Gasteiger partial charge is 0.383 e. The van der Waals surface area contributed by atoms with Crippen LogP contribution in [-0.2, 0) is 4.74 Å². The third-order valence-electron chi connectivity index (χ3n) is 3.21. The highest BCUT2D eigenvalue weighted by molar-refractivity contribution is 4.91. The summed E-state index contributed by atoms with van der Waals surface area (Å²) in [5.41, 5.74) is 0.141. The average molecular weight is 240 g/mol. The van der Waals surface area contributed by atoms with E-state index in [9.17, 15) is 0 Å².